The highest BCUT2D eigenvalue weighted by Gasteiger charge is 2.29. The predicted molar refractivity (Wildman–Crippen MR) is 148 cm³/mol. The van der Waals surface area contributed by atoms with E-state index in [1.807, 2.05) is 13.1 Å². The van der Waals surface area contributed by atoms with Gasteiger partial charge in [-0.1, -0.05) is 85.3 Å². The molecule has 0 amide bonds. The van der Waals surface area contributed by atoms with Crippen molar-refractivity contribution in [1.29, 1.82) is 0 Å². The van der Waals surface area contributed by atoms with Gasteiger partial charge >= 0.3 is 0 Å². The highest BCUT2D eigenvalue weighted by atomic mass is 16.3. The number of allylic oxidation sites excluding steroid dienone is 5. The second kappa shape index (κ2) is 11.4. The molecule has 2 aromatic carbocycles. The van der Waals surface area contributed by atoms with E-state index in [0.29, 0.717) is 5.92 Å². The van der Waals surface area contributed by atoms with E-state index in [9.17, 15) is 0 Å². The average molecular weight is 464 g/mol. The van der Waals surface area contributed by atoms with Gasteiger partial charge in [-0.25, -0.2) is 0 Å². The van der Waals surface area contributed by atoms with Gasteiger partial charge in [0.25, 0.3) is 0 Å². The van der Waals surface area contributed by atoms with E-state index >= 15 is 0 Å². The van der Waals surface area contributed by atoms with Crippen LogP contribution in [0, 0.1) is 5.92 Å². The first-order valence-corrected chi connectivity index (χ1v) is 12.7. The van der Waals surface area contributed by atoms with Crippen LogP contribution in [0.2, 0.25) is 0 Å². The fourth-order valence-electron chi connectivity index (χ4n) is 5.18. The van der Waals surface area contributed by atoms with Crippen molar-refractivity contribution in [3.05, 3.63) is 130 Å². The summed E-state index contributed by atoms with van der Waals surface area (Å²) in [6.45, 7) is 11.0. The molecule has 1 aromatic heterocycles. The van der Waals surface area contributed by atoms with Gasteiger partial charge in [-0.2, -0.15) is 0 Å². The minimum absolute atomic E-state index is 0.228. The molecule has 35 heavy (non-hydrogen) atoms. The molecule has 1 heterocycles. The van der Waals surface area contributed by atoms with Crippen LogP contribution >= 0.6 is 0 Å². The average Bonchev–Trinajstić information content (AvgIpc) is 3.35. The van der Waals surface area contributed by atoms with Gasteiger partial charge in [0.15, 0.2) is 0 Å². The summed E-state index contributed by atoms with van der Waals surface area (Å²) >= 11 is 0. The minimum Gasteiger partial charge on any atom is -0.469 e. The molecule has 4 rings (SSSR count). The molecule has 0 bridgehead atoms. The van der Waals surface area contributed by atoms with E-state index in [2.05, 4.69) is 94.1 Å². The van der Waals surface area contributed by atoms with Crippen molar-refractivity contribution >= 4 is 5.71 Å². The monoisotopic (exact) mass is 463 g/mol. The maximum atomic E-state index is 5.79. The lowest BCUT2D eigenvalue weighted by atomic mass is 9.86. The summed E-state index contributed by atoms with van der Waals surface area (Å²) in [7, 11) is 1.92. The van der Waals surface area contributed by atoms with Gasteiger partial charge in [0.1, 0.15) is 5.76 Å². The number of aryl methyl sites for hydroxylation is 1. The number of rotatable bonds is 7. The van der Waals surface area contributed by atoms with Crippen molar-refractivity contribution in [3.8, 4) is 0 Å². The second-order valence-electron chi connectivity index (χ2n) is 9.86. The lowest BCUT2D eigenvalue weighted by Gasteiger charge is -2.20. The largest absolute Gasteiger partial charge is 0.469 e. The van der Waals surface area contributed by atoms with Crippen molar-refractivity contribution in [2.75, 3.05) is 7.05 Å². The van der Waals surface area contributed by atoms with Crippen LogP contribution in [0.4, 0.5) is 0 Å². The summed E-state index contributed by atoms with van der Waals surface area (Å²) in [6, 6.07) is 23.8. The molecule has 1 aliphatic rings. The number of hydrogen-bond acceptors (Lipinski definition) is 2. The van der Waals surface area contributed by atoms with Crippen molar-refractivity contribution in [2.24, 2.45) is 10.9 Å². The Morgan fingerprint density at radius 2 is 1.63 bits per heavy atom. The zero-order chi connectivity index (χ0) is 24.8. The van der Waals surface area contributed by atoms with E-state index in [4.69, 9.17) is 9.41 Å². The lowest BCUT2D eigenvalue weighted by molar-refractivity contribution is 0.466. The van der Waals surface area contributed by atoms with Gasteiger partial charge in [0.2, 0.25) is 0 Å². The molecule has 3 aromatic rings. The Kier molecular flexibility index (Phi) is 8.02. The molecule has 0 N–H and O–H groups in total. The summed E-state index contributed by atoms with van der Waals surface area (Å²) in [4.78, 5) is 4.79. The van der Waals surface area contributed by atoms with Crippen molar-refractivity contribution in [2.45, 2.75) is 52.4 Å². The predicted octanol–water partition coefficient (Wildman–Crippen LogP) is 8.52. The van der Waals surface area contributed by atoms with Crippen LogP contribution in [0.1, 0.15) is 62.0 Å². The maximum Gasteiger partial charge on any atom is 0.110 e. The Hall–Kier alpha value is -3.39. The zero-order valence-corrected chi connectivity index (χ0v) is 21.6. The van der Waals surface area contributed by atoms with Gasteiger partial charge < -0.3 is 4.42 Å². The molecule has 0 radical (unpaired) electrons. The van der Waals surface area contributed by atoms with Crippen LogP contribution in [0.25, 0.3) is 0 Å². The van der Waals surface area contributed by atoms with E-state index < -0.39 is 0 Å². The van der Waals surface area contributed by atoms with Crippen LogP contribution in [-0.4, -0.2) is 12.8 Å². The molecular formula is C33H37NO. The number of hydrogen-bond donors (Lipinski definition) is 0. The lowest BCUT2D eigenvalue weighted by Crippen LogP contribution is -2.16. The second-order valence-corrected chi connectivity index (χ2v) is 9.86. The standard InChI is InChI=1S/C33H37NO/c1-23(2)30-22-29(31-12-9-19-35-31)20-25(4)33(34-5)32(30)24(3)13-14-26-15-17-28(18-16-26)21-27-10-7-6-8-11-27/h6-12,15-19,22,25,29H,1,13-14,20-21H2,2-5H3/b32-24-,34-33?. The normalized spacial score (nSPS) is 20.9. The van der Waals surface area contributed by atoms with Gasteiger partial charge in [-0.15, -0.1) is 0 Å². The number of aliphatic imine (C=N–C) groups is 1. The third-order valence-electron chi connectivity index (χ3n) is 7.07. The van der Waals surface area contributed by atoms with Gasteiger partial charge in [-0.05, 0) is 79.8 Å². The zero-order valence-electron chi connectivity index (χ0n) is 21.6. The first-order chi connectivity index (χ1) is 17.0. The number of furan rings is 1. The number of nitrogens with zero attached hydrogens (tertiary/aromatic N) is 1. The van der Waals surface area contributed by atoms with E-state index in [-0.39, 0.29) is 5.92 Å². The molecule has 0 saturated heterocycles. The van der Waals surface area contributed by atoms with Gasteiger partial charge in [-0.3, -0.25) is 4.99 Å². The molecular weight excluding hydrogens is 426 g/mol. The first-order valence-electron chi connectivity index (χ1n) is 12.7. The topological polar surface area (TPSA) is 25.5 Å². The van der Waals surface area contributed by atoms with Crippen molar-refractivity contribution < 1.29 is 4.42 Å². The van der Waals surface area contributed by atoms with Crippen molar-refractivity contribution in [3.63, 3.8) is 0 Å². The third kappa shape index (κ3) is 6.00. The first kappa shape index (κ1) is 24.7. The van der Waals surface area contributed by atoms with Gasteiger partial charge in [0.05, 0.1) is 6.26 Å². The molecule has 0 spiro atoms. The number of benzene rings is 2. The quantitative estimate of drug-likeness (QED) is 0.345. The van der Waals surface area contributed by atoms with E-state index in [0.717, 1.165) is 37.0 Å². The fourth-order valence-corrected chi connectivity index (χ4v) is 5.18. The highest BCUT2D eigenvalue weighted by Crippen LogP contribution is 2.38. The van der Waals surface area contributed by atoms with Crippen LogP contribution in [-0.2, 0) is 12.8 Å². The summed E-state index contributed by atoms with van der Waals surface area (Å²) in [5, 5.41) is 0. The summed E-state index contributed by atoms with van der Waals surface area (Å²) < 4.78 is 5.79. The van der Waals surface area contributed by atoms with Crippen molar-refractivity contribution in [1.82, 2.24) is 0 Å². The fraction of sp³-hybridized carbons (Fsp3) is 0.303. The Morgan fingerprint density at radius 3 is 2.26 bits per heavy atom. The minimum atomic E-state index is 0.228. The molecule has 2 atom stereocenters. The Labute approximate surface area is 210 Å². The van der Waals surface area contributed by atoms with Crippen LogP contribution < -0.4 is 0 Å². The molecule has 2 heteroatoms. The summed E-state index contributed by atoms with van der Waals surface area (Å²) in [5.41, 5.74) is 10.2. The Bertz CT molecular complexity index is 1220. The highest BCUT2D eigenvalue weighted by molar-refractivity contribution is 6.07. The van der Waals surface area contributed by atoms with Crippen LogP contribution in [0.3, 0.4) is 0 Å². The molecule has 0 aliphatic heterocycles. The molecule has 1 aliphatic carbocycles. The molecule has 2 nitrogen and oxygen atoms in total. The van der Waals surface area contributed by atoms with Gasteiger partial charge in [0, 0.05) is 24.3 Å². The maximum absolute atomic E-state index is 5.79. The van der Waals surface area contributed by atoms with E-state index in [1.54, 1.807) is 6.26 Å². The Morgan fingerprint density at radius 1 is 0.943 bits per heavy atom. The van der Waals surface area contributed by atoms with Crippen LogP contribution in [0.5, 0.6) is 0 Å². The summed E-state index contributed by atoms with van der Waals surface area (Å²) in [6.07, 6.45) is 8.08. The molecule has 180 valence electrons. The Balaban J connectivity index is 1.57. The third-order valence-corrected chi connectivity index (χ3v) is 7.07. The molecule has 0 fully saturated rings. The van der Waals surface area contributed by atoms with Crippen LogP contribution in [0.15, 0.2) is 117 Å². The summed E-state index contributed by atoms with van der Waals surface area (Å²) in [5.74, 6) is 1.58. The SMILES string of the molecule is C=C(C)C1=CC(c2ccco2)CC(C)C(=NC)/C1=C(/C)CCc1ccc(Cc2ccccc2)cc1. The van der Waals surface area contributed by atoms with E-state index in [1.165, 1.54) is 39.1 Å². The smallest absolute Gasteiger partial charge is 0.110 e. The molecule has 2 unspecified atom stereocenters. The molecule has 0 saturated carbocycles.